The van der Waals surface area contributed by atoms with Gasteiger partial charge in [0.15, 0.2) is 0 Å². The SMILES string of the molecule is O=c1cc(C2CC2)nc(Cc2cccc(F)c2)[nH]1. The van der Waals surface area contributed by atoms with Crippen molar-refractivity contribution in [3.8, 4) is 0 Å². The molecule has 1 aromatic heterocycles. The Morgan fingerprint density at radius 3 is 2.89 bits per heavy atom. The summed E-state index contributed by atoms with van der Waals surface area (Å²) in [6.45, 7) is 0. The third-order valence-electron chi connectivity index (χ3n) is 3.07. The first-order valence-electron chi connectivity index (χ1n) is 6.05. The number of nitrogens with one attached hydrogen (secondary N) is 1. The fourth-order valence-electron chi connectivity index (χ4n) is 2.04. The van der Waals surface area contributed by atoms with Crippen LogP contribution in [0.5, 0.6) is 0 Å². The molecule has 1 N–H and O–H groups in total. The summed E-state index contributed by atoms with van der Waals surface area (Å²) in [5.74, 6) is 0.779. The highest BCUT2D eigenvalue weighted by Gasteiger charge is 2.25. The van der Waals surface area contributed by atoms with Crippen LogP contribution in [0.15, 0.2) is 35.1 Å². The van der Waals surface area contributed by atoms with E-state index in [1.54, 1.807) is 12.1 Å². The van der Waals surface area contributed by atoms with Gasteiger partial charge in [0.05, 0.1) is 5.69 Å². The normalized spacial score (nSPS) is 14.7. The number of hydrogen-bond acceptors (Lipinski definition) is 2. The molecule has 0 aliphatic heterocycles. The Bertz CT molecular complexity index is 632. The molecule has 1 aliphatic rings. The van der Waals surface area contributed by atoms with Crippen molar-refractivity contribution in [2.24, 2.45) is 0 Å². The highest BCUT2D eigenvalue weighted by molar-refractivity contribution is 5.21. The zero-order chi connectivity index (χ0) is 12.5. The number of benzene rings is 1. The molecule has 3 nitrogen and oxygen atoms in total. The van der Waals surface area contributed by atoms with Gasteiger partial charge in [0.25, 0.3) is 5.56 Å². The summed E-state index contributed by atoms with van der Waals surface area (Å²) in [6, 6.07) is 7.91. The van der Waals surface area contributed by atoms with Crippen molar-refractivity contribution >= 4 is 0 Å². The Kier molecular flexibility index (Phi) is 2.70. The van der Waals surface area contributed by atoms with Crippen molar-refractivity contribution in [1.29, 1.82) is 0 Å². The third-order valence-corrected chi connectivity index (χ3v) is 3.07. The summed E-state index contributed by atoms with van der Waals surface area (Å²) in [6.07, 6.45) is 2.67. The first-order chi connectivity index (χ1) is 8.70. The summed E-state index contributed by atoms with van der Waals surface area (Å²) >= 11 is 0. The highest BCUT2D eigenvalue weighted by atomic mass is 19.1. The third kappa shape index (κ3) is 2.47. The number of aromatic nitrogens is 2. The number of rotatable bonds is 3. The smallest absolute Gasteiger partial charge is 0.251 e. The number of halogens is 1. The molecule has 92 valence electrons. The predicted molar refractivity (Wildman–Crippen MR) is 66.0 cm³/mol. The Hall–Kier alpha value is -1.97. The second-order valence-electron chi connectivity index (χ2n) is 4.70. The van der Waals surface area contributed by atoms with Crippen LogP contribution in [0.4, 0.5) is 4.39 Å². The van der Waals surface area contributed by atoms with E-state index in [4.69, 9.17) is 0 Å². The number of H-pyrrole nitrogens is 1. The highest BCUT2D eigenvalue weighted by Crippen LogP contribution is 2.38. The van der Waals surface area contributed by atoms with Crippen molar-refractivity contribution in [2.45, 2.75) is 25.2 Å². The second-order valence-corrected chi connectivity index (χ2v) is 4.70. The van der Waals surface area contributed by atoms with E-state index < -0.39 is 0 Å². The fourth-order valence-corrected chi connectivity index (χ4v) is 2.04. The Morgan fingerprint density at radius 1 is 1.33 bits per heavy atom. The van der Waals surface area contributed by atoms with Crippen LogP contribution in [-0.4, -0.2) is 9.97 Å². The van der Waals surface area contributed by atoms with Crippen LogP contribution in [0.25, 0.3) is 0 Å². The monoisotopic (exact) mass is 244 g/mol. The molecule has 0 amide bonds. The van der Waals surface area contributed by atoms with Crippen LogP contribution in [0, 0.1) is 5.82 Å². The summed E-state index contributed by atoms with van der Waals surface area (Å²) in [5, 5.41) is 0. The topological polar surface area (TPSA) is 45.8 Å². The number of hydrogen-bond donors (Lipinski definition) is 1. The van der Waals surface area contributed by atoms with Crippen LogP contribution in [0.3, 0.4) is 0 Å². The van der Waals surface area contributed by atoms with Crippen LogP contribution in [0.2, 0.25) is 0 Å². The van der Waals surface area contributed by atoms with E-state index in [9.17, 15) is 9.18 Å². The maximum absolute atomic E-state index is 13.1. The molecule has 0 bridgehead atoms. The lowest BCUT2D eigenvalue weighted by Gasteiger charge is -2.03. The van der Waals surface area contributed by atoms with Crippen LogP contribution >= 0.6 is 0 Å². The molecule has 4 heteroatoms. The molecule has 1 saturated carbocycles. The average molecular weight is 244 g/mol. The van der Waals surface area contributed by atoms with E-state index >= 15 is 0 Å². The van der Waals surface area contributed by atoms with Crippen LogP contribution < -0.4 is 5.56 Å². The lowest BCUT2D eigenvalue weighted by atomic mass is 10.1. The maximum atomic E-state index is 13.1. The van der Waals surface area contributed by atoms with Gasteiger partial charge in [-0.05, 0) is 30.5 Å². The molecule has 18 heavy (non-hydrogen) atoms. The first kappa shape index (κ1) is 11.1. The summed E-state index contributed by atoms with van der Waals surface area (Å²) in [7, 11) is 0. The minimum absolute atomic E-state index is 0.127. The van der Waals surface area contributed by atoms with Crippen molar-refractivity contribution in [1.82, 2.24) is 9.97 Å². The lowest BCUT2D eigenvalue weighted by Crippen LogP contribution is -2.12. The van der Waals surface area contributed by atoms with Crippen LogP contribution in [-0.2, 0) is 6.42 Å². The molecule has 0 atom stereocenters. The minimum atomic E-state index is -0.270. The van der Waals surface area contributed by atoms with E-state index in [0.717, 1.165) is 24.1 Å². The van der Waals surface area contributed by atoms with Gasteiger partial charge in [0.1, 0.15) is 11.6 Å². The first-order valence-corrected chi connectivity index (χ1v) is 6.05. The molecular formula is C14H13FN2O. The minimum Gasteiger partial charge on any atom is -0.310 e. The van der Waals surface area contributed by atoms with Crippen molar-refractivity contribution in [3.63, 3.8) is 0 Å². The van der Waals surface area contributed by atoms with E-state index in [1.807, 2.05) is 6.07 Å². The predicted octanol–water partition coefficient (Wildman–Crippen LogP) is 2.38. The van der Waals surface area contributed by atoms with Gasteiger partial charge in [-0.25, -0.2) is 9.37 Å². The van der Waals surface area contributed by atoms with Gasteiger partial charge in [0, 0.05) is 18.4 Å². The molecule has 0 radical (unpaired) electrons. The van der Waals surface area contributed by atoms with Gasteiger partial charge < -0.3 is 4.98 Å². The van der Waals surface area contributed by atoms with Gasteiger partial charge in [-0.3, -0.25) is 4.79 Å². The van der Waals surface area contributed by atoms with E-state index in [2.05, 4.69) is 9.97 Å². The molecule has 1 aliphatic carbocycles. The number of aromatic amines is 1. The Labute approximate surface area is 104 Å². The molecule has 3 rings (SSSR count). The molecule has 0 unspecified atom stereocenters. The van der Waals surface area contributed by atoms with E-state index in [-0.39, 0.29) is 11.4 Å². The second kappa shape index (κ2) is 4.37. The maximum Gasteiger partial charge on any atom is 0.251 e. The standard InChI is InChI=1S/C14H13FN2O/c15-11-3-1-2-9(6-11)7-13-16-12(10-4-5-10)8-14(18)17-13/h1-3,6,8,10H,4-5,7H2,(H,16,17,18). The summed E-state index contributed by atoms with van der Waals surface area (Å²) in [4.78, 5) is 18.7. The average Bonchev–Trinajstić information content (AvgIpc) is 3.11. The van der Waals surface area contributed by atoms with Crippen molar-refractivity contribution in [2.75, 3.05) is 0 Å². The van der Waals surface area contributed by atoms with Crippen LogP contribution in [0.1, 0.15) is 35.8 Å². The van der Waals surface area contributed by atoms with Gasteiger partial charge in [-0.1, -0.05) is 12.1 Å². The van der Waals surface area contributed by atoms with Crippen molar-refractivity contribution in [3.05, 3.63) is 63.6 Å². The van der Waals surface area contributed by atoms with Gasteiger partial charge in [0.2, 0.25) is 0 Å². The van der Waals surface area contributed by atoms with Crippen molar-refractivity contribution < 1.29 is 4.39 Å². The molecular weight excluding hydrogens is 231 g/mol. The molecule has 1 aromatic carbocycles. The quantitative estimate of drug-likeness (QED) is 0.901. The molecule has 1 fully saturated rings. The molecule has 0 spiro atoms. The summed E-state index contributed by atoms with van der Waals surface area (Å²) < 4.78 is 13.1. The van der Waals surface area contributed by atoms with Gasteiger partial charge in [-0.2, -0.15) is 0 Å². The molecule has 0 saturated heterocycles. The van der Waals surface area contributed by atoms with Gasteiger partial charge in [-0.15, -0.1) is 0 Å². The largest absolute Gasteiger partial charge is 0.310 e. The Balaban J connectivity index is 1.90. The zero-order valence-electron chi connectivity index (χ0n) is 9.82. The molecule has 2 aromatic rings. The zero-order valence-corrected chi connectivity index (χ0v) is 9.82. The van der Waals surface area contributed by atoms with E-state index in [1.165, 1.54) is 12.1 Å². The fraction of sp³-hybridized carbons (Fsp3) is 0.286. The molecule has 1 heterocycles. The van der Waals surface area contributed by atoms with Gasteiger partial charge >= 0.3 is 0 Å². The lowest BCUT2D eigenvalue weighted by molar-refractivity contribution is 0.625. The van der Waals surface area contributed by atoms with E-state index in [0.29, 0.717) is 18.2 Å². The summed E-state index contributed by atoms with van der Waals surface area (Å²) in [5.41, 5.74) is 1.55. The Morgan fingerprint density at radius 2 is 2.17 bits per heavy atom. The number of nitrogens with zero attached hydrogens (tertiary/aromatic N) is 1.